The first-order valence-electron chi connectivity index (χ1n) is 5.49. The third kappa shape index (κ3) is 1.88. The Hall–Kier alpha value is -0.610. The van der Waals surface area contributed by atoms with Gasteiger partial charge in [0.05, 0.1) is 6.61 Å². The summed E-state index contributed by atoms with van der Waals surface area (Å²) in [5, 5.41) is 12.2. The smallest absolute Gasteiger partial charge is 0.327 e. The third-order valence-electron chi connectivity index (χ3n) is 3.12. The molecule has 4 nitrogen and oxygen atoms in total. The van der Waals surface area contributed by atoms with Crippen LogP contribution in [0.15, 0.2) is 0 Å². The molecule has 0 aromatic heterocycles. The third-order valence-corrected chi connectivity index (χ3v) is 3.12. The minimum atomic E-state index is -0.472. The highest BCUT2D eigenvalue weighted by atomic mass is 16.6. The van der Waals surface area contributed by atoms with Gasteiger partial charge in [0.15, 0.2) is 0 Å². The molecule has 2 fully saturated rings. The summed E-state index contributed by atoms with van der Waals surface area (Å²) < 4.78 is 5.38. The van der Waals surface area contributed by atoms with Crippen LogP contribution in [0.25, 0.3) is 0 Å². The maximum absolute atomic E-state index is 11.9. The lowest BCUT2D eigenvalue weighted by Gasteiger charge is -2.24. The van der Waals surface area contributed by atoms with Crippen molar-refractivity contribution < 1.29 is 14.6 Å². The van der Waals surface area contributed by atoms with Gasteiger partial charge in [-0.2, -0.15) is 0 Å². The van der Waals surface area contributed by atoms with Gasteiger partial charge in [0.1, 0.15) is 11.1 Å². The van der Waals surface area contributed by atoms with Crippen LogP contribution in [0.4, 0.5) is 0 Å². The molecule has 0 aromatic rings. The van der Waals surface area contributed by atoms with Gasteiger partial charge in [-0.05, 0) is 39.5 Å². The molecule has 0 aromatic carbocycles. The SMILES string of the molecule is CC(C)(C)OC(=O)C12CC1CC(CO)N2. The van der Waals surface area contributed by atoms with Gasteiger partial charge in [0.25, 0.3) is 0 Å². The van der Waals surface area contributed by atoms with Crippen LogP contribution in [-0.4, -0.2) is 34.9 Å². The van der Waals surface area contributed by atoms with E-state index in [2.05, 4.69) is 5.32 Å². The Morgan fingerprint density at radius 1 is 1.60 bits per heavy atom. The van der Waals surface area contributed by atoms with E-state index in [0.717, 1.165) is 12.8 Å². The Morgan fingerprint density at radius 3 is 2.73 bits per heavy atom. The van der Waals surface area contributed by atoms with Gasteiger partial charge in [-0.1, -0.05) is 0 Å². The molecule has 3 unspecified atom stereocenters. The van der Waals surface area contributed by atoms with Gasteiger partial charge in [-0.3, -0.25) is 10.1 Å². The molecular formula is C11H19NO3. The van der Waals surface area contributed by atoms with E-state index in [4.69, 9.17) is 9.84 Å². The van der Waals surface area contributed by atoms with Gasteiger partial charge in [0.2, 0.25) is 0 Å². The van der Waals surface area contributed by atoms with Crippen LogP contribution in [0.3, 0.4) is 0 Å². The minimum absolute atomic E-state index is 0.0660. The lowest BCUT2D eigenvalue weighted by molar-refractivity contribution is -0.159. The number of nitrogens with one attached hydrogen (secondary N) is 1. The quantitative estimate of drug-likeness (QED) is 0.654. The van der Waals surface area contributed by atoms with Gasteiger partial charge in [-0.15, -0.1) is 0 Å². The van der Waals surface area contributed by atoms with E-state index in [0.29, 0.717) is 5.92 Å². The first-order valence-corrected chi connectivity index (χ1v) is 5.49. The number of esters is 1. The molecule has 2 N–H and O–H groups in total. The molecular weight excluding hydrogens is 194 g/mol. The Morgan fingerprint density at radius 2 is 2.27 bits per heavy atom. The van der Waals surface area contributed by atoms with Crippen molar-refractivity contribution in [1.29, 1.82) is 0 Å². The van der Waals surface area contributed by atoms with Crippen molar-refractivity contribution in [2.24, 2.45) is 5.92 Å². The summed E-state index contributed by atoms with van der Waals surface area (Å²) in [5.74, 6) is 0.209. The number of ether oxygens (including phenoxy) is 1. The van der Waals surface area contributed by atoms with Crippen LogP contribution in [0.5, 0.6) is 0 Å². The molecule has 0 bridgehead atoms. The zero-order valence-corrected chi connectivity index (χ0v) is 9.54. The predicted molar refractivity (Wildman–Crippen MR) is 55.3 cm³/mol. The number of aliphatic hydroxyl groups is 1. The van der Waals surface area contributed by atoms with Crippen LogP contribution in [0, 0.1) is 5.92 Å². The lowest BCUT2D eigenvalue weighted by atomic mass is 10.1. The van der Waals surface area contributed by atoms with Crippen LogP contribution >= 0.6 is 0 Å². The van der Waals surface area contributed by atoms with E-state index in [1.54, 1.807) is 0 Å². The minimum Gasteiger partial charge on any atom is -0.459 e. The molecule has 1 saturated heterocycles. The Labute approximate surface area is 90.0 Å². The standard InChI is InChI=1S/C11H19NO3/c1-10(2,3)15-9(14)11-5-7(11)4-8(6-13)12-11/h7-8,12-13H,4-6H2,1-3H3. The Kier molecular flexibility index (Phi) is 2.32. The van der Waals surface area contributed by atoms with Crippen molar-refractivity contribution in [1.82, 2.24) is 5.32 Å². The van der Waals surface area contributed by atoms with E-state index >= 15 is 0 Å². The van der Waals surface area contributed by atoms with E-state index in [9.17, 15) is 4.79 Å². The average Bonchev–Trinajstić information content (AvgIpc) is 2.67. The summed E-state index contributed by atoms with van der Waals surface area (Å²) in [6.07, 6.45) is 1.74. The zero-order valence-electron chi connectivity index (χ0n) is 9.54. The van der Waals surface area contributed by atoms with E-state index < -0.39 is 11.1 Å². The molecule has 4 heteroatoms. The molecule has 3 atom stereocenters. The molecule has 1 aliphatic heterocycles. The highest BCUT2D eigenvalue weighted by Gasteiger charge is 2.66. The van der Waals surface area contributed by atoms with Crippen LogP contribution < -0.4 is 5.32 Å². The first kappa shape index (κ1) is 10.9. The second-order valence-electron chi connectivity index (χ2n) is 5.63. The second kappa shape index (κ2) is 3.19. The first-order chi connectivity index (χ1) is 6.87. The van der Waals surface area contributed by atoms with Gasteiger partial charge < -0.3 is 9.84 Å². The molecule has 2 rings (SSSR count). The summed E-state index contributed by atoms with van der Waals surface area (Å²) >= 11 is 0. The maximum atomic E-state index is 11.9. The summed E-state index contributed by atoms with van der Waals surface area (Å²) in [5.41, 5.74) is -0.904. The largest absolute Gasteiger partial charge is 0.459 e. The molecule has 1 heterocycles. The van der Waals surface area contributed by atoms with Crippen molar-refractivity contribution in [3.05, 3.63) is 0 Å². The van der Waals surface area contributed by atoms with Gasteiger partial charge in [0, 0.05) is 6.04 Å². The second-order valence-corrected chi connectivity index (χ2v) is 5.63. The van der Waals surface area contributed by atoms with Gasteiger partial charge in [-0.25, -0.2) is 0 Å². The lowest BCUT2D eigenvalue weighted by Crippen LogP contribution is -2.45. The number of fused-ring (bicyclic) bond motifs is 1. The van der Waals surface area contributed by atoms with Crippen LogP contribution in [0.2, 0.25) is 0 Å². The molecule has 0 radical (unpaired) electrons. The number of aliphatic hydroxyl groups excluding tert-OH is 1. The number of hydrogen-bond donors (Lipinski definition) is 2. The fourth-order valence-electron chi connectivity index (χ4n) is 2.36. The zero-order chi connectivity index (χ0) is 11.3. The highest BCUT2D eigenvalue weighted by Crippen LogP contribution is 2.52. The molecule has 1 saturated carbocycles. The molecule has 1 aliphatic carbocycles. The molecule has 0 amide bonds. The summed E-state index contributed by atoms with van der Waals surface area (Å²) in [7, 11) is 0. The van der Waals surface area contributed by atoms with Crippen molar-refractivity contribution in [3.63, 3.8) is 0 Å². The number of piperidine rings is 1. The summed E-state index contributed by atoms with van der Waals surface area (Å²) in [4.78, 5) is 11.9. The van der Waals surface area contributed by atoms with Crippen molar-refractivity contribution in [3.8, 4) is 0 Å². The molecule has 86 valence electrons. The van der Waals surface area contributed by atoms with Crippen LogP contribution in [-0.2, 0) is 9.53 Å². The van der Waals surface area contributed by atoms with Crippen molar-refractivity contribution in [2.45, 2.75) is 50.8 Å². The maximum Gasteiger partial charge on any atom is 0.327 e. The van der Waals surface area contributed by atoms with Crippen molar-refractivity contribution >= 4 is 5.97 Å². The van der Waals surface area contributed by atoms with Crippen molar-refractivity contribution in [2.75, 3.05) is 6.61 Å². The molecule has 15 heavy (non-hydrogen) atoms. The Balaban J connectivity index is 1.98. The fraction of sp³-hybridized carbons (Fsp3) is 0.909. The summed E-state index contributed by atoms with van der Waals surface area (Å²) in [6.45, 7) is 5.72. The highest BCUT2D eigenvalue weighted by molar-refractivity contribution is 5.86. The normalized spacial score (nSPS) is 38.7. The van der Waals surface area contributed by atoms with Gasteiger partial charge >= 0.3 is 5.97 Å². The van der Waals surface area contributed by atoms with E-state index in [-0.39, 0.29) is 18.6 Å². The predicted octanol–water partition coefficient (Wildman–Crippen LogP) is 0.441. The molecule has 0 spiro atoms. The number of rotatable bonds is 2. The number of carbonyl (C=O) groups excluding carboxylic acids is 1. The number of carbonyl (C=O) groups is 1. The fourth-order valence-corrected chi connectivity index (χ4v) is 2.36. The van der Waals surface area contributed by atoms with Crippen LogP contribution in [0.1, 0.15) is 33.6 Å². The van der Waals surface area contributed by atoms with E-state index in [1.807, 2.05) is 20.8 Å². The number of hydrogen-bond acceptors (Lipinski definition) is 4. The summed E-state index contributed by atoms with van der Waals surface area (Å²) in [6, 6.07) is 0.0660. The monoisotopic (exact) mass is 213 g/mol. The molecule has 2 aliphatic rings. The average molecular weight is 213 g/mol. The Bertz CT molecular complexity index is 284. The topological polar surface area (TPSA) is 58.6 Å². The van der Waals surface area contributed by atoms with E-state index in [1.165, 1.54) is 0 Å².